The van der Waals surface area contributed by atoms with E-state index in [1.165, 1.54) is 0 Å². The topological polar surface area (TPSA) is 105 Å². The Labute approximate surface area is 115 Å². The first-order valence-corrected chi connectivity index (χ1v) is 6.31. The third kappa shape index (κ3) is 2.08. The molecule has 1 aliphatic rings. The molecule has 1 fully saturated rings. The number of rotatable bonds is 3. The number of aromatic nitrogens is 2. The summed E-state index contributed by atoms with van der Waals surface area (Å²) in [7, 11) is 0. The van der Waals surface area contributed by atoms with E-state index in [4.69, 9.17) is 11.0 Å². The van der Waals surface area contributed by atoms with Gasteiger partial charge in [0.05, 0.1) is 11.6 Å². The van der Waals surface area contributed by atoms with Crippen LogP contribution in [-0.4, -0.2) is 21.4 Å². The number of nitrogens with one attached hydrogen (secondary N) is 1. The number of nitriles is 1. The second-order valence-corrected chi connectivity index (χ2v) is 5.02. The first kappa shape index (κ1) is 12.5. The lowest BCUT2D eigenvalue weighted by Gasteiger charge is -2.11. The molecule has 0 radical (unpaired) electrons. The van der Waals surface area contributed by atoms with Gasteiger partial charge in [0.2, 0.25) is 5.91 Å². The molecule has 2 aromatic heterocycles. The molecule has 0 bridgehead atoms. The maximum Gasteiger partial charge on any atom is 0.245 e. The Hall–Kier alpha value is -2.52. The minimum Gasteiger partial charge on any atom is -0.317 e. The molecular weight excluding hydrogens is 254 g/mol. The molecule has 1 saturated carbocycles. The highest BCUT2D eigenvalue weighted by Gasteiger charge is 2.56. The van der Waals surface area contributed by atoms with Crippen molar-refractivity contribution < 1.29 is 4.79 Å². The van der Waals surface area contributed by atoms with E-state index >= 15 is 0 Å². The quantitative estimate of drug-likeness (QED) is 0.869. The number of carbonyl (C=O) groups is 1. The molecule has 2 atom stereocenters. The predicted molar refractivity (Wildman–Crippen MR) is 73.4 cm³/mol. The molecule has 100 valence electrons. The second kappa shape index (κ2) is 4.54. The maximum absolute atomic E-state index is 12.1. The van der Waals surface area contributed by atoms with Crippen molar-refractivity contribution in [1.29, 1.82) is 5.26 Å². The molecular formula is C14H13N5O. The summed E-state index contributed by atoms with van der Waals surface area (Å²) in [6.45, 7) is 0. The lowest BCUT2D eigenvalue weighted by atomic mass is 10.1. The van der Waals surface area contributed by atoms with Gasteiger partial charge in [0.15, 0.2) is 0 Å². The summed E-state index contributed by atoms with van der Waals surface area (Å²) < 4.78 is 0. The van der Waals surface area contributed by atoms with E-state index in [2.05, 4.69) is 15.3 Å². The Balaban J connectivity index is 1.77. The van der Waals surface area contributed by atoms with Crippen LogP contribution in [-0.2, 0) is 4.79 Å². The smallest absolute Gasteiger partial charge is 0.245 e. The van der Waals surface area contributed by atoms with Gasteiger partial charge in [0, 0.05) is 30.1 Å². The fraction of sp³-hybridized carbons (Fsp3) is 0.286. The van der Waals surface area contributed by atoms with Gasteiger partial charge in [-0.15, -0.1) is 0 Å². The van der Waals surface area contributed by atoms with Crippen LogP contribution in [0.15, 0.2) is 30.6 Å². The number of anilines is 1. The van der Waals surface area contributed by atoms with Crippen LogP contribution in [0, 0.1) is 17.2 Å². The highest BCUT2D eigenvalue weighted by atomic mass is 16.2. The van der Waals surface area contributed by atoms with Crippen LogP contribution in [0.25, 0.3) is 10.9 Å². The summed E-state index contributed by atoms with van der Waals surface area (Å²) in [4.78, 5) is 20.5. The minimum atomic E-state index is -0.926. The van der Waals surface area contributed by atoms with Crippen LogP contribution in [0.5, 0.6) is 0 Å². The van der Waals surface area contributed by atoms with Gasteiger partial charge in [-0.1, -0.05) is 0 Å². The Kier molecular flexibility index (Phi) is 2.84. The summed E-state index contributed by atoms with van der Waals surface area (Å²) >= 11 is 0. The summed E-state index contributed by atoms with van der Waals surface area (Å²) in [5, 5.41) is 12.3. The zero-order valence-corrected chi connectivity index (χ0v) is 10.7. The van der Waals surface area contributed by atoms with Crippen molar-refractivity contribution in [2.45, 2.75) is 18.4 Å². The Morgan fingerprint density at radius 3 is 3.20 bits per heavy atom. The SMILES string of the molecule is N#CCC1CC1(N)C(=O)Nc1ccc2cnccc2n1. The molecule has 1 amide bonds. The summed E-state index contributed by atoms with van der Waals surface area (Å²) in [5.41, 5.74) is 5.81. The van der Waals surface area contributed by atoms with E-state index in [0.717, 1.165) is 10.9 Å². The molecule has 0 aromatic carbocycles. The van der Waals surface area contributed by atoms with Crippen LogP contribution in [0.1, 0.15) is 12.8 Å². The van der Waals surface area contributed by atoms with Crippen molar-refractivity contribution in [1.82, 2.24) is 9.97 Å². The normalized spacial score (nSPS) is 24.1. The van der Waals surface area contributed by atoms with Crippen molar-refractivity contribution in [2.24, 2.45) is 11.7 Å². The van der Waals surface area contributed by atoms with Crippen molar-refractivity contribution in [3.63, 3.8) is 0 Å². The van der Waals surface area contributed by atoms with Gasteiger partial charge < -0.3 is 11.1 Å². The molecule has 0 spiro atoms. The van der Waals surface area contributed by atoms with Gasteiger partial charge in [0.1, 0.15) is 11.4 Å². The summed E-state index contributed by atoms with van der Waals surface area (Å²) in [6, 6.07) is 7.38. The maximum atomic E-state index is 12.1. The Morgan fingerprint density at radius 1 is 1.55 bits per heavy atom. The number of fused-ring (bicyclic) bond motifs is 1. The van der Waals surface area contributed by atoms with E-state index in [1.54, 1.807) is 24.5 Å². The molecule has 1 aliphatic carbocycles. The third-order valence-corrected chi connectivity index (χ3v) is 3.64. The van der Waals surface area contributed by atoms with Gasteiger partial charge in [-0.3, -0.25) is 9.78 Å². The number of amides is 1. The average Bonchev–Trinajstić information content (AvgIpc) is 3.11. The molecule has 6 heteroatoms. The van der Waals surface area contributed by atoms with E-state index < -0.39 is 5.54 Å². The lowest BCUT2D eigenvalue weighted by Crippen LogP contribution is -2.40. The van der Waals surface area contributed by atoms with Crippen molar-refractivity contribution >= 4 is 22.6 Å². The monoisotopic (exact) mass is 267 g/mol. The molecule has 2 heterocycles. The third-order valence-electron chi connectivity index (χ3n) is 3.64. The number of pyridine rings is 2. The molecule has 3 N–H and O–H groups in total. The van der Waals surface area contributed by atoms with Gasteiger partial charge in [0.25, 0.3) is 0 Å². The Morgan fingerprint density at radius 2 is 2.40 bits per heavy atom. The van der Waals surface area contributed by atoms with Crippen molar-refractivity contribution in [2.75, 3.05) is 5.32 Å². The van der Waals surface area contributed by atoms with Crippen molar-refractivity contribution in [3.05, 3.63) is 30.6 Å². The van der Waals surface area contributed by atoms with E-state index in [1.807, 2.05) is 12.1 Å². The molecule has 3 rings (SSSR count). The molecule has 6 nitrogen and oxygen atoms in total. The lowest BCUT2D eigenvalue weighted by molar-refractivity contribution is -0.118. The fourth-order valence-electron chi connectivity index (χ4n) is 2.26. The van der Waals surface area contributed by atoms with E-state index in [9.17, 15) is 4.79 Å². The van der Waals surface area contributed by atoms with Gasteiger partial charge >= 0.3 is 0 Å². The van der Waals surface area contributed by atoms with Crippen LogP contribution < -0.4 is 11.1 Å². The van der Waals surface area contributed by atoms with Crippen LogP contribution >= 0.6 is 0 Å². The predicted octanol–water partition coefficient (Wildman–Crippen LogP) is 1.20. The number of hydrogen-bond acceptors (Lipinski definition) is 5. The highest BCUT2D eigenvalue weighted by Crippen LogP contribution is 2.44. The zero-order chi connectivity index (χ0) is 14.2. The standard InChI is InChI=1S/C14H13N5O/c15-5-3-10-7-14(10,16)13(20)19-12-2-1-9-8-17-6-4-11(9)18-12/h1-2,4,6,8,10H,3,7,16H2,(H,18,19,20). The largest absolute Gasteiger partial charge is 0.317 e. The average molecular weight is 267 g/mol. The molecule has 0 aliphatic heterocycles. The summed E-state index contributed by atoms with van der Waals surface area (Å²) in [6.07, 6.45) is 4.21. The number of nitrogens with two attached hydrogens (primary N) is 1. The van der Waals surface area contributed by atoms with E-state index in [0.29, 0.717) is 18.7 Å². The molecule has 20 heavy (non-hydrogen) atoms. The van der Waals surface area contributed by atoms with Gasteiger partial charge in [-0.25, -0.2) is 4.98 Å². The number of nitrogens with zero attached hydrogens (tertiary/aromatic N) is 3. The summed E-state index contributed by atoms with van der Waals surface area (Å²) in [5.74, 6) is 0.122. The molecule has 2 unspecified atom stereocenters. The van der Waals surface area contributed by atoms with Crippen LogP contribution in [0.3, 0.4) is 0 Å². The zero-order valence-electron chi connectivity index (χ0n) is 10.7. The van der Waals surface area contributed by atoms with Crippen LogP contribution in [0.4, 0.5) is 5.82 Å². The first-order valence-electron chi connectivity index (χ1n) is 6.31. The number of carbonyl (C=O) groups excluding carboxylic acids is 1. The van der Waals surface area contributed by atoms with Crippen molar-refractivity contribution in [3.8, 4) is 6.07 Å². The second-order valence-electron chi connectivity index (χ2n) is 5.02. The molecule has 2 aromatic rings. The first-order chi connectivity index (χ1) is 9.63. The van der Waals surface area contributed by atoms with E-state index in [-0.39, 0.29) is 11.8 Å². The number of hydrogen-bond donors (Lipinski definition) is 2. The van der Waals surface area contributed by atoms with Gasteiger partial charge in [-0.05, 0) is 24.6 Å². The van der Waals surface area contributed by atoms with Gasteiger partial charge in [-0.2, -0.15) is 5.26 Å². The highest BCUT2D eigenvalue weighted by molar-refractivity contribution is 6.00. The molecule has 0 saturated heterocycles. The minimum absolute atomic E-state index is 0.0582. The fourth-order valence-corrected chi connectivity index (χ4v) is 2.26. The Bertz CT molecular complexity index is 723. The van der Waals surface area contributed by atoms with Crippen LogP contribution in [0.2, 0.25) is 0 Å².